The lowest BCUT2D eigenvalue weighted by molar-refractivity contribution is 0.0955. The first kappa shape index (κ1) is 10.6. The average molecular weight is 192 g/mol. The predicted octanol–water partition coefficient (Wildman–Crippen LogP) is 1.73. The molecular formula is C11H16N2O. The van der Waals surface area contributed by atoms with E-state index < -0.39 is 0 Å². The second-order valence-electron chi connectivity index (χ2n) is 3.24. The summed E-state index contributed by atoms with van der Waals surface area (Å²) in [6, 6.07) is 1.90. The molecule has 0 aliphatic rings. The zero-order valence-electron chi connectivity index (χ0n) is 9.09. The minimum atomic E-state index is -0.0497. The summed E-state index contributed by atoms with van der Waals surface area (Å²) in [6.07, 6.45) is 3.97. The van der Waals surface area contributed by atoms with Gasteiger partial charge in [-0.3, -0.25) is 4.79 Å². The van der Waals surface area contributed by atoms with Crippen molar-refractivity contribution in [3.63, 3.8) is 0 Å². The van der Waals surface area contributed by atoms with Gasteiger partial charge in [0.2, 0.25) is 0 Å². The maximum atomic E-state index is 11.4. The highest BCUT2D eigenvalue weighted by molar-refractivity contribution is 5.93. The molecule has 1 heterocycles. The van der Waals surface area contributed by atoms with E-state index in [0.717, 1.165) is 11.3 Å². The standard InChI is InChI=1S/C11H16N2O/c1-5-6-9-8(2)7-10(13(9)4)11(14)12-3/h5-7H,1-4H3,(H,12,14)/b6-5-. The van der Waals surface area contributed by atoms with Crippen molar-refractivity contribution in [2.75, 3.05) is 7.05 Å². The first-order valence-electron chi connectivity index (χ1n) is 4.63. The maximum Gasteiger partial charge on any atom is 0.267 e. The fourth-order valence-corrected chi connectivity index (χ4v) is 1.52. The van der Waals surface area contributed by atoms with E-state index in [1.165, 1.54) is 0 Å². The zero-order chi connectivity index (χ0) is 10.7. The molecule has 1 N–H and O–H groups in total. The smallest absolute Gasteiger partial charge is 0.267 e. The van der Waals surface area contributed by atoms with Crippen LogP contribution in [0.3, 0.4) is 0 Å². The van der Waals surface area contributed by atoms with Gasteiger partial charge in [-0.1, -0.05) is 6.08 Å². The number of hydrogen-bond acceptors (Lipinski definition) is 1. The number of carbonyl (C=O) groups is 1. The fourth-order valence-electron chi connectivity index (χ4n) is 1.52. The van der Waals surface area contributed by atoms with Crippen LogP contribution in [0, 0.1) is 6.92 Å². The number of aromatic nitrogens is 1. The molecular weight excluding hydrogens is 176 g/mol. The number of rotatable bonds is 2. The summed E-state index contributed by atoms with van der Waals surface area (Å²) in [7, 11) is 3.53. The van der Waals surface area contributed by atoms with Crippen LogP contribution < -0.4 is 5.32 Å². The quantitative estimate of drug-likeness (QED) is 0.760. The van der Waals surface area contributed by atoms with Crippen molar-refractivity contribution in [3.05, 3.63) is 29.1 Å². The van der Waals surface area contributed by atoms with E-state index in [1.54, 1.807) is 7.05 Å². The Balaban J connectivity index is 3.23. The van der Waals surface area contributed by atoms with Crippen LogP contribution in [-0.4, -0.2) is 17.5 Å². The van der Waals surface area contributed by atoms with Gasteiger partial charge in [-0.2, -0.15) is 0 Å². The van der Waals surface area contributed by atoms with E-state index in [1.807, 2.05) is 43.7 Å². The van der Waals surface area contributed by atoms with Gasteiger partial charge in [-0.15, -0.1) is 0 Å². The molecule has 0 saturated carbocycles. The molecule has 0 aliphatic carbocycles. The Morgan fingerprint density at radius 1 is 1.57 bits per heavy atom. The van der Waals surface area contributed by atoms with E-state index >= 15 is 0 Å². The summed E-state index contributed by atoms with van der Waals surface area (Å²) in [5.74, 6) is -0.0497. The Bertz CT molecular complexity index is 375. The minimum Gasteiger partial charge on any atom is -0.354 e. The summed E-state index contributed by atoms with van der Waals surface area (Å²) < 4.78 is 1.90. The van der Waals surface area contributed by atoms with Crippen molar-refractivity contribution in [1.29, 1.82) is 0 Å². The molecule has 0 aliphatic heterocycles. The Kier molecular flexibility index (Phi) is 3.12. The predicted molar refractivity (Wildman–Crippen MR) is 58.2 cm³/mol. The third-order valence-corrected chi connectivity index (χ3v) is 2.26. The molecule has 76 valence electrons. The van der Waals surface area contributed by atoms with Gasteiger partial charge in [0.25, 0.3) is 5.91 Å². The molecule has 1 aromatic rings. The largest absolute Gasteiger partial charge is 0.354 e. The van der Waals surface area contributed by atoms with Crippen molar-refractivity contribution in [1.82, 2.24) is 9.88 Å². The van der Waals surface area contributed by atoms with Crippen molar-refractivity contribution < 1.29 is 4.79 Å². The molecule has 0 atom stereocenters. The van der Waals surface area contributed by atoms with Crippen LogP contribution in [0.5, 0.6) is 0 Å². The van der Waals surface area contributed by atoms with Gasteiger partial charge in [0.1, 0.15) is 5.69 Å². The molecule has 3 nitrogen and oxygen atoms in total. The normalized spacial score (nSPS) is 10.9. The van der Waals surface area contributed by atoms with Crippen molar-refractivity contribution in [3.8, 4) is 0 Å². The second kappa shape index (κ2) is 4.13. The summed E-state index contributed by atoms with van der Waals surface area (Å²) in [4.78, 5) is 11.4. The highest BCUT2D eigenvalue weighted by Gasteiger charge is 2.12. The molecule has 0 spiro atoms. The zero-order valence-corrected chi connectivity index (χ0v) is 9.09. The summed E-state index contributed by atoms with van der Waals surface area (Å²) in [6.45, 7) is 3.97. The first-order chi connectivity index (χ1) is 6.61. The minimum absolute atomic E-state index is 0.0497. The molecule has 0 aromatic carbocycles. The lowest BCUT2D eigenvalue weighted by atomic mass is 10.2. The average Bonchev–Trinajstić information content (AvgIpc) is 2.45. The van der Waals surface area contributed by atoms with Crippen LogP contribution in [0.1, 0.15) is 28.7 Å². The molecule has 0 bridgehead atoms. The van der Waals surface area contributed by atoms with Gasteiger partial charge in [-0.05, 0) is 31.6 Å². The third-order valence-electron chi connectivity index (χ3n) is 2.26. The number of nitrogens with one attached hydrogen (secondary N) is 1. The highest BCUT2D eigenvalue weighted by Crippen LogP contribution is 2.15. The lowest BCUT2D eigenvalue weighted by Gasteiger charge is -2.03. The topological polar surface area (TPSA) is 34.0 Å². The van der Waals surface area contributed by atoms with E-state index in [4.69, 9.17) is 0 Å². The van der Waals surface area contributed by atoms with Crippen LogP contribution in [0.4, 0.5) is 0 Å². The number of allylic oxidation sites excluding steroid dienone is 1. The van der Waals surface area contributed by atoms with Gasteiger partial charge in [0, 0.05) is 19.8 Å². The molecule has 14 heavy (non-hydrogen) atoms. The number of hydrogen-bond donors (Lipinski definition) is 1. The molecule has 0 fully saturated rings. The Hall–Kier alpha value is -1.51. The van der Waals surface area contributed by atoms with Gasteiger partial charge < -0.3 is 9.88 Å². The van der Waals surface area contributed by atoms with E-state index in [0.29, 0.717) is 5.69 Å². The highest BCUT2D eigenvalue weighted by atomic mass is 16.1. The van der Waals surface area contributed by atoms with Crippen LogP contribution in [0.15, 0.2) is 12.1 Å². The third kappa shape index (κ3) is 1.71. The lowest BCUT2D eigenvalue weighted by Crippen LogP contribution is -2.20. The van der Waals surface area contributed by atoms with Crippen LogP contribution in [-0.2, 0) is 7.05 Å². The number of carbonyl (C=O) groups excluding carboxylic acids is 1. The SMILES string of the molecule is C/C=C\c1c(C)cc(C(=O)NC)n1C. The van der Waals surface area contributed by atoms with Gasteiger partial charge in [-0.25, -0.2) is 0 Å². The van der Waals surface area contributed by atoms with Crippen molar-refractivity contribution in [2.45, 2.75) is 13.8 Å². The molecule has 0 radical (unpaired) electrons. The fraction of sp³-hybridized carbons (Fsp3) is 0.364. The summed E-state index contributed by atoms with van der Waals surface area (Å²) in [5.41, 5.74) is 2.88. The van der Waals surface area contributed by atoms with Crippen molar-refractivity contribution >= 4 is 12.0 Å². The monoisotopic (exact) mass is 192 g/mol. The van der Waals surface area contributed by atoms with Crippen molar-refractivity contribution in [2.24, 2.45) is 7.05 Å². The molecule has 1 rings (SSSR count). The Morgan fingerprint density at radius 2 is 2.21 bits per heavy atom. The number of nitrogens with zero attached hydrogens (tertiary/aromatic N) is 1. The van der Waals surface area contributed by atoms with Crippen LogP contribution >= 0.6 is 0 Å². The van der Waals surface area contributed by atoms with E-state index in [2.05, 4.69) is 5.32 Å². The van der Waals surface area contributed by atoms with E-state index in [-0.39, 0.29) is 5.91 Å². The van der Waals surface area contributed by atoms with Gasteiger partial charge in [0.15, 0.2) is 0 Å². The molecule has 0 saturated heterocycles. The molecule has 1 aromatic heterocycles. The Morgan fingerprint density at radius 3 is 2.71 bits per heavy atom. The number of amides is 1. The Labute approximate surface area is 84.4 Å². The van der Waals surface area contributed by atoms with Crippen LogP contribution in [0.25, 0.3) is 6.08 Å². The summed E-state index contributed by atoms with van der Waals surface area (Å²) in [5, 5.41) is 2.62. The summed E-state index contributed by atoms with van der Waals surface area (Å²) >= 11 is 0. The van der Waals surface area contributed by atoms with Gasteiger partial charge in [0.05, 0.1) is 0 Å². The van der Waals surface area contributed by atoms with E-state index in [9.17, 15) is 4.79 Å². The number of aryl methyl sites for hydroxylation is 1. The first-order valence-corrected chi connectivity index (χ1v) is 4.63. The van der Waals surface area contributed by atoms with Crippen LogP contribution in [0.2, 0.25) is 0 Å². The second-order valence-corrected chi connectivity index (χ2v) is 3.24. The molecule has 3 heteroatoms. The molecule has 1 amide bonds. The maximum absolute atomic E-state index is 11.4. The van der Waals surface area contributed by atoms with Gasteiger partial charge >= 0.3 is 0 Å². The molecule has 0 unspecified atom stereocenters.